The molecule has 0 spiro atoms. The molecular formula is C6H6BrN5. The molecule has 0 saturated heterocycles. The number of halogens is 1. The standard InChI is InChI=1S/C6H6BrN5/c1-11-4-8-10-6(11)12-5(7)2-3-9-12/h2-4H,1H3. The number of aromatic nitrogens is 5. The normalized spacial score (nSPS) is 10.5. The third-order valence-corrected chi connectivity index (χ3v) is 2.07. The summed E-state index contributed by atoms with van der Waals surface area (Å²) in [4.78, 5) is 0. The van der Waals surface area contributed by atoms with Crippen LogP contribution in [0.3, 0.4) is 0 Å². The van der Waals surface area contributed by atoms with Gasteiger partial charge in [0.1, 0.15) is 10.9 Å². The van der Waals surface area contributed by atoms with Gasteiger partial charge in [0, 0.05) is 7.05 Å². The van der Waals surface area contributed by atoms with Gasteiger partial charge in [0.25, 0.3) is 5.95 Å². The minimum Gasteiger partial charge on any atom is -0.301 e. The van der Waals surface area contributed by atoms with E-state index < -0.39 is 0 Å². The van der Waals surface area contributed by atoms with Crippen molar-refractivity contribution in [2.24, 2.45) is 7.05 Å². The maximum absolute atomic E-state index is 4.07. The Morgan fingerprint density at radius 1 is 1.50 bits per heavy atom. The Kier molecular flexibility index (Phi) is 1.69. The molecule has 0 aliphatic rings. The minimum absolute atomic E-state index is 0.687. The minimum atomic E-state index is 0.687. The summed E-state index contributed by atoms with van der Waals surface area (Å²) in [6.07, 6.45) is 3.32. The molecule has 0 N–H and O–H groups in total. The van der Waals surface area contributed by atoms with E-state index in [1.165, 1.54) is 0 Å². The van der Waals surface area contributed by atoms with Gasteiger partial charge in [-0.3, -0.25) is 0 Å². The first-order valence-corrected chi connectivity index (χ1v) is 4.12. The Morgan fingerprint density at radius 2 is 2.33 bits per heavy atom. The molecule has 6 heteroatoms. The van der Waals surface area contributed by atoms with E-state index in [2.05, 4.69) is 31.2 Å². The van der Waals surface area contributed by atoms with E-state index in [-0.39, 0.29) is 0 Å². The fourth-order valence-corrected chi connectivity index (χ4v) is 1.27. The van der Waals surface area contributed by atoms with Crippen molar-refractivity contribution in [3.8, 4) is 5.95 Å². The molecule has 0 aromatic carbocycles. The molecule has 62 valence electrons. The first kappa shape index (κ1) is 7.48. The second-order valence-corrected chi connectivity index (χ2v) is 3.12. The summed E-state index contributed by atoms with van der Waals surface area (Å²) < 4.78 is 4.31. The molecule has 0 amide bonds. The molecule has 12 heavy (non-hydrogen) atoms. The molecule has 0 bridgehead atoms. The van der Waals surface area contributed by atoms with Gasteiger partial charge in [0.05, 0.1) is 6.20 Å². The fourth-order valence-electron chi connectivity index (χ4n) is 0.903. The van der Waals surface area contributed by atoms with Crippen LogP contribution in [-0.2, 0) is 7.05 Å². The number of hydrogen-bond acceptors (Lipinski definition) is 3. The zero-order chi connectivity index (χ0) is 8.55. The lowest BCUT2D eigenvalue weighted by atomic mass is 10.7. The first-order chi connectivity index (χ1) is 5.79. The third kappa shape index (κ3) is 1.04. The van der Waals surface area contributed by atoms with Gasteiger partial charge in [-0.05, 0) is 22.0 Å². The predicted molar refractivity (Wildman–Crippen MR) is 45.8 cm³/mol. The second kappa shape index (κ2) is 2.71. The average molecular weight is 228 g/mol. The Morgan fingerprint density at radius 3 is 2.83 bits per heavy atom. The molecule has 0 saturated carbocycles. The van der Waals surface area contributed by atoms with Crippen LogP contribution < -0.4 is 0 Å². The van der Waals surface area contributed by atoms with Crippen molar-refractivity contribution in [1.29, 1.82) is 0 Å². The molecule has 2 aromatic heterocycles. The largest absolute Gasteiger partial charge is 0.301 e. The molecule has 2 heterocycles. The zero-order valence-electron chi connectivity index (χ0n) is 6.35. The summed E-state index contributed by atoms with van der Waals surface area (Å²) in [5.41, 5.74) is 0. The van der Waals surface area contributed by atoms with Gasteiger partial charge in [-0.1, -0.05) is 0 Å². The maximum Gasteiger partial charge on any atom is 0.252 e. The molecule has 2 rings (SSSR count). The number of rotatable bonds is 1. The van der Waals surface area contributed by atoms with E-state index in [0.29, 0.717) is 5.95 Å². The van der Waals surface area contributed by atoms with Crippen molar-refractivity contribution in [2.75, 3.05) is 0 Å². The highest BCUT2D eigenvalue weighted by molar-refractivity contribution is 9.10. The van der Waals surface area contributed by atoms with Gasteiger partial charge < -0.3 is 4.57 Å². The van der Waals surface area contributed by atoms with E-state index in [4.69, 9.17) is 0 Å². The van der Waals surface area contributed by atoms with Crippen LogP contribution in [-0.4, -0.2) is 24.5 Å². The lowest BCUT2D eigenvalue weighted by Gasteiger charge is -1.99. The van der Waals surface area contributed by atoms with E-state index in [1.54, 1.807) is 21.8 Å². The van der Waals surface area contributed by atoms with Crippen LogP contribution in [0.15, 0.2) is 23.2 Å². The second-order valence-electron chi connectivity index (χ2n) is 2.31. The lowest BCUT2D eigenvalue weighted by Crippen LogP contribution is -2.04. The topological polar surface area (TPSA) is 48.5 Å². The summed E-state index contributed by atoms with van der Waals surface area (Å²) in [5, 5.41) is 11.7. The third-order valence-electron chi connectivity index (χ3n) is 1.47. The van der Waals surface area contributed by atoms with Crippen molar-refractivity contribution < 1.29 is 0 Å². The van der Waals surface area contributed by atoms with E-state index in [0.717, 1.165) is 4.60 Å². The lowest BCUT2D eigenvalue weighted by molar-refractivity contribution is 0.737. The molecular weight excluding hydrogens is 222 g/mol. The molecule has 5 nitrogen and oxygen atoms in total. The Hall–Kier alpha value is -1.17. The van der Waals surface area contributed by atoms with Crippen molar-refractivity contribution in [3.05, 3.63) is 23.2 Å². The van der Waals surface area contributed by atoms with Gasteiger partial charge in [-0.2, -0.15) is 9.78 Å². The first-order valence-electron chi connectivity index (χ1n) is 3.33. The van der Waals surface area contributed by atoms with Crippen LogP contribution in [0.25, 0.3) is 5.95 Å². The highest BCUT2D eigenvalue weighted by atomic mass is 79.9. The molecule has 0 aliphatic carbocycles. The van der Waals surface area contributed by atoms with Crippen LogP contribution in [0, 0.1) is 0 Å². The smallest absolute Gasteiger partial charge is 0.252 e. The number of hydrogen-bond donors (Lipinski definition) is 0. The summed E-state index contributed by atoms with van der Waals surface area (Å²) >= 11 is 3.34. The van der Waals surface area contributed by atoms with Gasteiger partial charge in [0.15, 0.2) is 0 Å². The van der Waals surface area contributed by atoms with Crippen LogP contribution >= 0.6 is 15.9 Å². The van der Waals surface area contributed by atoms with Crippen LogP contribution in [0.2, 0.25) is 0 Å². The molecule has 0 aliphatic heterocycles. The van der Waals surface area contributed by atoms with Crippen molar-refractivity contribution in [1.82, 2.24) is 24.5 Å². The monoisotopic (exact) mass is 227 g/mol. The summed E-state index contributed by atoms with van der Waals surface area (Å²) in [6, 6.07) is 1.84. The SMILES string of the molecule is Cn1cnnc1-n1nccc1Br. The molecule has 0 atom stereocenters. The maximum atomic E-state index is 4.07. The quantitative estimate of drug-likeness (QED) is 0.724. The molecule has 2 aromatic rings. The predicted octanol–water partition coefficient (Wildman–Crippen LogP) is 0.763. The summed E-state index contributed by atoms with van der Waals surface area (Å²) in [6.45, 7) is 0. The van der Waals surface area contributed by atoms with Gasteiger partial charge in [-0.25, -0.2) is 0 Å². The number of aryl methyl sites for hydroxylation is 1. The zero-order valence-corrected chi connectivity index (χ0v) is 7.93. The molecule has 0 radical (unpaired) electrons. The van der Waals surface area contributed by atoms with Crippen LogP contribution in [0.4, 0.5) is 0 Å². The van der Waals surface area contributed by atoms with E-state index in [9.17, 15) is 0 Å². The average Bonchev–Trinajstić information content (AvgIpc) is 2.59. The van der Waals surface area contributed by atoms with Crippen LogP contribution in [0.5, 0.6) is 0 Å². The van der Waals surface area contributed by atoms with Crippen molar-refractivity contribution >= 4 is 15.9 Å². The van der Waals surface area contributed by atoms with Crippen LogP contribution in [0.1, 0.15) is 0 Å². The number of nitrogens with zero attached hydrogens (tertiary/aromatic N) is 5. The van der Waals surface area contributed by atoms with E-state index >= 15 is 0 Å². The van der Waals surface area contributed by atoms with Gasteiger partial charge in [-0.15, -0.1) is 10.2 Å². The Labute approximate surface area is 77.2 Å². The van der Waals surface area contributed by atoms with Crippen molar-refractivity contribution in [2.45, 2.75) is 0 Å². The molecule has 0 unspecified atom stereocenters. The molecule has 0 fully saturated rings. The van der Waals surface area contributed by atoms with Crippen molar-refractivity contribution in [3.63, 3.8) is 0 Å². The summed E-state index contributed by atoms with van der Waals surface area (Å²) in [5.74, 6) is 0.687. The Balaban J connectivity index is 2.57. The fraction of sp³-hybridized carbons (Fsp3) is 0.167. The highest BCUT2D eigenvalue weighted by Crippen LogP contribution is 2.11. The van der Waals surface area contributed by atoms with Gasteiger partial charge >= 0.3 is 0 Å². The van der Waals surface area contributed by atoms with Gasteiger partial charge in [0.2, 0.25) is 0 Å². The summed E-state index contributed by atoms with van der Waals surface area (Å²) in [7, 11) is 1.86. The van der Waals surface area contributed by atoms with E-state index in [1.807, 2.05) is 13.1 Å². The Bertz CT molecular complexity index is 352. The highest BCUT2D eigenvalue weighted by Gasteiger charge is 2.06.